The topological polar surface area (TPSA) is 115 Å². The number of rotatable bonds is 7. The lowest BCUT2D eigenvalue weighted by Gasteiger charge is -2.13. The second-order valence-electron chi connectivity index (χ2n) is 7.94. The van der Waals surface area contributed by atoms with Gasteiger partial charge in [-0.3, -0.25) is 9.59 Å². The number of carbonyl (C=O) groups excluding carboxylic acids is 2. The molecule has 0 aliphatic carbocycles. The minimum absolute atomic E-state index is 0.0187. The number of benzene rings is 3. The van der Waals surface area contributed by atoms with Crippen molar-refractivity contribution in [2.45, 2.75) is 19.9 Å². The normalized spacial score (nSPS) is 11.2. The first-order chi connectivity index (χ1) is 16.9. The molecule has 9 nitrogen and oxygen atoms in total. The maximum Gasteiger partial charge on any atom is 0.359 e. The van der Waals surface area contributed by atoms with E-state index < -0.39 is 18.5 Å². The maximum absolute atomic E-state index is 12.7. The van der Waals surface area contributed by atoms with Gasteiger partial charge < -0.3 is 10.1 Å². The fourth-order valence-electron chi connectivity index (χ4n) is 3.33. The number of esters is 1. The van der Waals surface area contributed by atoms with Gasteiger partial charge in [-0.2, -0.15) is 15.3 Å². The molecule has 0 saturated carbocycles. The van der Waals surface area contributed by atoms with Crippen LogP contribution >= 0.6 is 0 Å². The van der Waals surface area contributed by atoms with Crippen LogP contribution in [0.2, 0.25) is 0 Å². The summed E-state index contributed by atoms with van der Waals surface area (Å²) >= 11 is 0. The molecule has 4 aromatic rings. The summed E-state index contributed by atoms with van der Waals surface area (Å²) in [7, 11) is 0. The molecule has 1 aromatic heterocycles. The van der Waals surface area contributed by atoms with Gasteiger partial charge in [0.1, 0.15) is 0 Å². The second kappa shape index (κ2) is 10.5. The van der Waals surface area contributed by atoms with Gasteiger partial charge in [0, 0.05) is 11.1 Å². The molecule has 35 heavy (non-hydrogen) atoms. The first kappa shape index (κ1) is 23.5. The molecule has 0 aliphatic rings. The number of hydrogen-bond acceptors (Lipinski definition) is 7. The van der Waals surface area contributed by atoms with Crippen molar-refractivity contribution in [1.82, 2.24) is 9.78 Å². The average molecular weight is 470 g/mol. The number of hydrogen-bond donors (Lipinski definition) is 1. The van der Waals surface area contributed by atoms with E-state index in [1.54, 1.807) is 62.4 Å². The number of nitrogens with zero attached hydrogens (tertiary/aromatic N) is 4. The molecule has 0 atom stereocenters. The number of ether oxygens (including phenoxy) is 1. The Morgan fingerprint density at radius 2 is 1.49 bits per heavy atom. The SMILES string of the molecule is CC(C)n1nc(C(=O)OCC(=O)Nc2ccc(N=Nc3ccccc3)cc2)c2ccccc2c1=O. The number of amides is 1. The molecule has 0 spiro atoms. The van der Waals surface area contributed by atoms with E-state index in [4.69, 9.17) is 4.74 Å². The molecule has 4 rings (SSSR count). The Morgan fingerprint density at radius 1 is 0.886 bits per heavy atom. The minimum atomic E-state index is -0.789. The lowest BCUT2D eigenvalue weighted by atomic mass is 10.1. The van der Waals surface area contributed by atoms with Crippen LogP contribution in [0.1, 0.15) is 30.4 Å². The van der Waals surface area contributed by atoms with Gasteiger partial charge in [-0.1, -0.05) is 36.4 Å². The van der Waals surface area contributed by atoms with Crippen molar-refractivity contribution < 1.29 is 14.3 Å². The Labute approximate surface area is 201 Å². The summed E-state index contributed by atoms with van der Waals surface area (Å²) in [5.41, 5.74) is 1.56. The highest BCUT2D eigenvalue weighted by molar-refractivity contribution is 6.03. The lowest BCUT2D eigenvalue weighted by Crippen LogP contribution is -2.28. The van der Waals surface area contributed by atoms with Crippen LogP contribution in [0.25, 0.3) is 10.8 Å². The molecule has 176 valence electrons. The van der Waals surface area contributed by atoms with Crippen LogP contribution in [0, 0.1) is 0 Å². The van der Waals surface area contributed by atoms with Crippen molar-refractivity contribution in [3.63, 3.8) is 0 Å². The lowest BCUT2D eigenvalue weighted by molar-refractivity contribution is -0.119. The average Bonchev–Trinajstić information content (AvgIpc) is 2.87. The highest BCUT2D eigenvalue weighted by atomic mass is 16.5. The molecule has 0 saturated heterocycles. The largest absolute Gasteiger partial charge is 0.451 e. The monoisotopic (exact) mass is 469 g/mol. The van der Waals surface area contributed by atoms with Crippen LogP contribution in [-0.4, -0.2) is 28.3 Å². The van der Waals surface area contributed by atoms with E-state index in [9.17, 15) is 14.4 Å². The zero-order chi connectivity index (χ0) is 24.8. The summed E-state index contributed by atoms with van der Waals surface area (Å²) in [5.74, 6) is -1.30. The van der Waals surface area contributed by atoms with Gasteiger partial charge in [-0.05, 0) is 56.3 Å². The summed E-state index contributed by atoms with van der Waals surface area (Å²) in [6.07, 6.45) is 0. The van der Waals surface area contributed by atoms with Crippen molar-refractivity contribution in [3.05, 3.63) is 94.9 Å². The van der Waals surface area contributed by atoms with Crippen molar-refractivity contribution in [2.24, 2.45) is 10.2 Å². The summed E-state index contributed by atoms with van der Waals surface area (Å²) in [6.45, 7) is 3.07. The number of azo groups is 1. The molecular weight excluding hydrogens is 446 g/mol. The van der Waals surface area contributed by atoms with Gasteiger partial charge in [-0.15, -0.1) is 0 Å². The molecule has 1 N–H and O–H groups in total. The summed E-state index contributed by atoms with van der Waals surface area (Å²) in [6, 6.07) is 22.5. The first-order valence-electron chi connectivity index (χ1n) is 11.0. The second-order valence-corrected chi connectivity index (χ2v) is 7.94. The standard InChI is InChI=1S/C26H23N5O4/c1-17(2)31-25(33)22-11-7-6-10-21(22)24(30-31)26(34)35-16-23(32)27-18-12-14-20(15-13-18)29-28-19-8-4-3-5-9-19/h3-15,17H,16H2,1-2H3,(H,27,32). The zero-order valence-electron chi connectivity index (χ0n) is 19.2. The van der Waals surface area contributed by atoms with E-state index in [0.717, 1.165) is 5.69 Å². The summed E-state index contributed by atoms with van der Waals surface area (Å²) in [4.78, 5) is 37.7. The van der Waals surface area contributed by atoms with E-state index in [1.165, 1.54) is 4.68 Å². The van der Waals surface area contributed by atoms with Gasteiger partial charge in [0.05, 0.1) is 22.8 Å². The van der Waals surface area contributed by atoms with E-state index in [0.29, 0.717) is 22.1 Å². The van der Waals surface area contributed by atoms with Gasteiger partial charge >= 0.3 is 5.97 Å². The van der Waals surface area contributed by atoms with Crippen LogP contribution in [0.3, 0.4) is 0 Å². The van der Waals surface area contributed by atoms with E-state index in [2.05, 4.69) is 20.6 Å². The van der Waals surface area contributed by atoms with Gasteiger partial charge in [0.15, 0.2) is 12.3 Å². The molecule has 0 radical (unpaired) electrons. The van der Waals surface area contributed by atoms with Crippen LogP contribution < -0.4 is 10.9 Å². The van der Waals surface area contributed by atoms with Crippen LogP contribution in [0.4, 0.5) is 17.1 Å². The highest BCUT2D eigenvalue weighted by Gasteiger charge is 2.20. The number of anilines is 1. The predicted molar refractivity (Wildman–Crippen MR) is 132 cm³/mol. The molecule has 1 amide bonds. The molecule has 0 fully saturated rings. The predicted octanol–water partition coefficient (Wildman–Crippen LogP) is 5.19. The maximum atomic E-state index is 12.7. The van der Waals surface area contributed by atoms with E-state index in [-0.39, 0.29) is 17.3 Å². The van der Waals surface area contributed by atoms with Crippen LogP contribution in [0.5, 0.6) is 0 Å². The summed E-state index contributed by atoms with van der Waals surface area (Å²) < 4.78 is 6.43. The third-order valence-corrected chi connectivity index (χ3v) is 5.03. The Bertz CT molecular complexity index is 1440. The fraction of sp³-hybridized carbons (Fsp3) is 0.154. The fourth-order valence-corrected chi connectivity index (χ4v) is 3.33. The number of nitrogens with one attached hydrogen (secondary N) is 1. The molecule has 9 heteroatoms. The van der Waals surface area contributed by atoms with Crippen molar-refractivity contribution >= 4 is 39.7 Å². The van der Waals surface area contributed by atoms with Gasteiger partial charge in [-0.25, -0.2) is 9.48 Å². The minimum Gasteiger partial charge on any atom is -0.451 e. The quantitative estimate of drug-likeness (QED) is 0.295. The third-order valence-electron chi connectivity index (χ3n) is 5.03. The van der Waals surface area contributed by atoms with Crippen molar-refractivity contribution in [3.8, 4) is 0 Å². The molecule has 3 aromatic carbocycles. The Morgan fingerprint density at radius 3 is 2.14 bits per heavy atom. The highest BCUT2D eigenvalue weighted by Crippen LogP contribution is 2.20. The molecular formula is C26H23N5O4. The Balaban J connectivity index is 1.40. The number of aromatic nitrogens is 2. The van der Waals surface area contributed by atoms with Crippen molar-refractivity contribution in [2.75, 3.05) is 11.9 Å². The Hall–Kier alpha value is -4.66. The first-order valence-corrected chi connectivity index (χ1v) is 11.0. The molecule has 1 heterocycles. The molecule has 0 bridgehead atoms. The molecule has 0 aliphatic heterocycles. The zero-order valence-corrected chi connectivity index (χ0v) is 19.2. The summed E-state index contributed by atoms with van der Waals surface area (Å²) in [5, 5.41) is 15.9. The Kier molecular flexibility index (Phi) is 7.06. The number of fused-ring (bicyclic) bond motifs is 1. The van der Waals surface area contributed by atoms with E-state index in [1.807, 2.05) is 30.3 Å². The molecule has 0 unspecified atom stereocenters. The van der Waals surface area contributed by atoms with Crippen LogP contribution in [-0.2, 0) is 9.53 Å². The third kappa shape index (κ3) is 5.64. The van der Waals surface area contributed by atoms with Gasteiger partial charge in [0.2, 0.25) is 0 Å². The number of carbonyl (C=O) groups is 2. The smallest absolute Gasteiger partial charge is 0.359 e. The van der Waals surface area contributed by atoms with Crippen molar-refractivity contribution in [1.29, 1.82) is 0 Å². The van der Waals surface area contributed by atoms with E-state index >= 15 is 0 Å². The van der Waals surface area contributed by atoms with Gasteiger partial charge in [0.25, 0.3) is 11.5 Å². The van der Waals surface area contributed by atoms with Crippen LogP contribution in [0.15, 0.2) is 93.9 Å².